The van der Waals surface area contributed by atoms with Crippen LogP contribution in [0.2, 0.25) is 0 Å². The molecular weight excluding hydrogens is 262 g/mol. The number of methoxy groups -OCH3 is 1. The van der Waals surface area contributed by atoms with E-state index in [1.54, 1.807) is 7.11 Å². The molecule has 1 aliphatic carbocycles. The maximum atomic E-state index is 5.59. The summed E-state index contributed by atoms with van der Waals surface area (Å²) in [5.74, 6) is 0.860. The molecule has 0 saturated carbocycles. The lowest BCUT2D eigenvalue weighted by Gasteiger charge is -2.11. The molecule has 0 spiro atoms. The maximum absolute atomic E-state index is 5.59. The van der Waals surface area contributed by atoms with Crippen LogP contribution in [0.4, 0.5) is 0 Å². The lowest BCUT2D eigenvalue weighted by atomic mass is 9.97. The molecule has 1 unspecified atom stereocenters. The Balaban J connectivity index is 1.57. The van der Waals surface area contributed by atoms with Gasteiger partial charge in [0.1, 0.15) is 11.9 Å². The van der Waals surface area contributed by atoms with Crippen molar-refractivity contribution in [1.29, 1.82) is 0 Å². The molecule has 0 N–H and O–H groups in total. The average molecular weight is 283 g/mol. The van der Waals surface area contributed by atoms with E-state index in [9.17, 15) is 0 Å². The van der Waals surface area contributed by atoms with Crippen molar-refractivity contribution in [3.05, 3.63) is 53.6 Å². The molecule has 1 aromatic rings. The molecule has 1 aromatic carbocycles. The summed E-state index contributed by atoms with van der Waals surface area (Å²) in [4.78, 5) is 5.59. The summed E-state index contributed by atoms with van der Waals surface area (Å²) in [5, 5.41) is 4.26. The summed E-state index contributed by atoms with van der Waals surface area (Å²) in [6, 6.07) is 7.97. The summed E-state index contributed by atoms with van der Waals surface area (Å²) in [7, 11) is 1.69. The smallest absolute Gasteiger partial charge is 0.133 e. The van der Waals surface area contributed by atoms with E-state index in [0.29, 0.717) is 0 Å². The predicted molar refractivity (Wildman–Crippen MR) is 84.7 cm³/mol. The third kappa shape index (κ3) is 3.35. The van der Waals surface area contributed by atoms with Gasteiger partial charge in [-0.3, -0.25) is 0 Å². The van der Waals surface area contributed by atoms with E-state index in [0.717, 1.165) is 36.3 Å². The number of hydrogen-bond donors (Lipinski definition) is 0. The molecule has 0 aromatic heterocycles. The number of rotatable bonds is 5. The second kappa shape index (κ2) is 6.61. The van der Waals surface area contributed by atoms with Crippen LogP contribution in [0.3, 0.4) is 0 Å². The fourth-order valence-electron chi connectivity index (χ4n) is 2.81. The number of benzene rings is 1. The van der Waals surface area contributed by atoms with E-state index in [4.69, 9.17) is 9.57 Å². The Hall–Kier alpha value is -2.03. The van der Waals surface area contributed by atoms with Crippen molar-refractivity contribution in [2.75, 3.05) is 7.11 Å². The summed E-state index contributed by atoms with van der Waals surface area (Å²) in [6.45, 7) is 0. The maximum Gasteiger partial charge on any atom is 0.133 e. The van der Waals surface area contributed by atoms with Crippen LogP contribution in [-0.4, -0.2) is 18.9 Å². The second-order valence-corrected chi connectivity index (χ2v) is 5.47. The highest BCUT2D eigenvalue weighted by Crippen LogP contribution is 2.27. The third-order valence-electron chi connectivity index (χ3n) is 3.98. The van der Waals surface area contributed by atoms with Crippen LogP contribution in [0.1, 0.15) is 37.7 Å². The molecule has 1 heterocycles. The first kappa shape index (κ1) is 13.9. The molecule has 3 heteroatoms. The fraction of sp³-hybridized carbons (Fsp3) is 0.389. The van der Waals surface area contributed by atoms with Gasteiger partial charge in [-0.15, -0.1) is 0 Å². The first-order chi connectivity index (χ1) is 10.4. The molecule has 0 saturated heterocycles. The van der Waals surface area contributed by atoms with Gasteiger partial charge in [0, 0.05) is 12.0 Å². The quantitative estimate of drug-likeness (QED) is 0.809. The number of para-hydroxylation sites is 1. The lowest BCUT2D eigenvalue weighted by molar-refractivity contribution is 0.0795. The van der Waals surface area contributed by atoms with Crippen molar-refractivity contribution < 1.29 is 9.57 Å². The van der Waals surface area contributed by atoms with Crippen LogP contribution in [0.15, 0.2) is 53.2 Å². The summed E-state index contributed by atoms with van der Waals surface area (Å²) in [6.07, 6.45) is 12.3. The van der Waals surface area contributed by atoms with Crippen molar-refractivity contribution in [3.8, 4) is 5.75 Å². The molecule has 1 atom stereocenters. The Morgan fingerprint density at radius 2 is 2.19 bits per heavy atom. The Morgan fingerprint density at radius 3 is 3.00 bits per heavy atom. The molecule has 0 bridgehead atoms. The van der Waals surface area contributed by atoms with Gasteiger partial charge in [-0.1, -0.05) is 41.1 Å². The molecular formula is C18H21NO2. The summed E-state index contributed by atoms with van der Waals surface area (Å²) < 4.78 is 5.39. The predicted octanol–water partition coefficient (Wildman–Crippen LogP) is 4.24. The fourth-order valence-corrected chi connectivity index (χ4v) is 2.81. The van der Waals surface area contributed by atoms with Gasteiger partial charge < -0.3 is 9.57 Å². The van der Waals surface area contributed by atoms with E-state index in [2.05, 4.69) is 23.4 Å². The Labute approximate surface area is 125 Å². The second-order valence-electron chi connectivity index (χ2n) is 5.47. The minimum atomic E-state index is 0.182. The monoisotopic (exact) mass is 283 g/mol. The number of ether oxygens (including phenoxy) is 1. The molecule has 2 aliphatic rings. The Morgan fingerprint density at radius 1 is 1.29 bits per heavy atom. The summed E-state index contributed by atoms with van der Waals surface area (Å²) >= 11 is 0. The molecule has 0 fully saturated rings. The van der Waals surface area contributed by atoms with Gasteiger partial charge in [-0.25, -0.2) is 0 Å². The molecule has 110 valence electrons. The highest BCUT2D eigenvalue weighted by atomic mass is 16.6. The van der Waals surface area contributed by atoms with Crippen LogP contribution in [0, 0.1) is 0 Å². The number of hydrogen-bond acceptors (Lipinski definition) is 3. The topological polar surface area (TPSA) is 30.8 Å². The minimum Gasteiger partial charge on any atom is -0.496 e. The first-order valence-corrected chi connectivity index (χ1v) is 7.58. The largest absolute Gasteiger partial charge is 0.496 e. The van der Waals surface area contributed by atoms with Gasteiger partial charge in [0.15, 0.2) is 0 Å². The molecule has 21 heavy (non-hydrogen) atoms. The number of allylic oxidation sites excluding steroid dienone is 4. The van der Waals surface area contributed by atoms with Crippen LogP contribution >= 0.6 is 0 Å². The minimum absolute atomic E-state index is 0.182. The zero-order valence-electron chi connectivity index (χ0n) is 12.4. The first-order valence-electron chi connectivity index (χ1n) is 7.58. The van der Waals surface area contributed by atoms with Crippen molar-refractivity contribution in [1.82, 2.24) is 0 Å². The number of oxime groups is 1. The van der Waals surface area contributed by atoms with Crippen LogP contribution in [0.5, 0.6) is 5.75 Å². The van der Waals surface area contributed by atoms with Crippen molar-refractivity contribution in [2.24, 2.45) is 5.16 Å². The highest BCUT2D eigenvalue weighted by molar-refractivity contribution is 6.03. The van der Waals surface area contributed by atoms with Gasteiger partial charge in [-0.05, 0) is 37.8 Å². The standard InChI is InChI=1S/C18H21NO2/c1-20-18-10-6-5-9-16(18)17-13-15(21-19-17)12-11-14-7-3-2-4-8-14/h3,5-10,15H,2,4,11-13H2,1H3. The van der Waals surface area contributed by atoms with Gasteiger partial charge in [0.2, 0.25) is 0 Å². The van der Waals surface area contributed by atoms with Crippen LogP contribution < -0.4 is 4.74 Å². The molecule has 3 rings (SSSR count). The third-order valence-corrected chi connectivity index (χ3v) is 3.98. The van der Waals surface area contributed by atoms with Crippen LogP contribution in [0.25, 0.3) is 0 Å². The van der Waals surface area contributed by atoms with E-state index < -0.39 is 0 Å². The van der Waals surface area contributed by atoms with Gasteiger partial charge in [-0.2, -0.15) is 0 Å². The van der Waals surface area contributed by atoms with Crippen molar-refractivity contribution >= 4 is 5.71 Å². The Bertz CT molecular complexity index is 587. The Kier molecular flexibility index (Phi) is 4.39. The molecule has 0 amide bonds. The zero-order chi connectivity index (χ0) is 14.5. The van der Waals surface area contributed by atoms with E-state index >= 15 is 0 Å². The van der Waals surface area contributed by atoms with Gasteiger partial charge in [0.05, 0.1) is 12.8 Å². The zero-order valence-corrected chi connectivity index (χ0v) is 12.4. The highest BCUT2D eigenvalue weighted by Gasteiger charge is 2.24. The van der Waals surface area contributed by atoms with Gasteiger partial charge in [0.25, 0.3) is 0 Å². The van der Waals surface area contributed by atoms with Gasteiger partial charge >= 0.3 is 0 Å². The molecule has 1 aliphatic heterocycles. The summed E-state index contributed by atoms with van der Waals surface area (Å²) in [5.41, 5.74) is 3.46. The van der Waals surface area contributed by atoms with Crippen molar-refractivity contribution in [2.45, 2.75) is 38.2 Å². The van der Waals surface area contributed by atoms with Crippen molar-refractivity contribution in [3.63, 3.8) is 0 Å². The van der Waals surface area contributed by atoms with E-state index in [1.807, 2.05) is 24.3 Å². The average Bonchev–Trinajstić information content (AvgIpc) is 3.02. The number of nitrogens with zero attached hydrogens (tertiary/aromatic N) is 1. The normalized spacial score (nSPS) is 20.7. The molecule has 0 radical (unpaired) electrons. The SMILES string of the molecule is COc1ccccc1C1=NOC(CCC2=CCCC=C2)C1. The van der Waals surface area contributed by atoms with E-state index in [1.165, 1.54) is 18.4 Å². The molecule has 3 nitrogen and oxygen atoms in total. The lowest BCUT2D eigenvalue weighted by Crippen LogP contribution is -2.09. The van der Waals surface area contributed by atoms with Crippen LogP contribution in [-0.2, 0) is 4.84 Å². The van der Waals surface area contributed by atoms with E-state index in [-0.39, 0.29) is 6.10 Å².